The molecule has 15 heavy (non-hydrogen) atoms. The zero-order chi connectivity index (χ0) is 10.5. The summed E-state index contributed by atoms with van der Waals surface area (Å²) in [7, 11) is 0. The highest BCUT2D eigenvalue weighted by Crippen LogP contribution is 2.22. The van der Waals surface area contributed by atoms with Gasteiger partial charge in [0.15, 0.2) is 0 Å². The lowest BCUT2D eigenvalue weighted by Gasteiger charge is -2.26. The number of benzene rings is 1. The van der Waals surface area contributed by atoms with Gasteiger partial charge in [0.1, 0.15) is 0 Å². The number of hydrogen-bond acceptors (Lipinski definition) is 2. The van der Waals surface area contributed by atoms with E-state index >= 15 is 0 Å². The molecule has 0 bridgehead atoms. The number of ether oxygens (including phenoxy) is 1. The van der Waals surface area contributed by atoms with E-state index in [1.807, 2.05) is 0 Å². The minimum atomic E-state index is 0.390. The van der Waals surface area contributed by atoms with E-state index in [0.717, 1.165) is 32.6 Å². The molecule has 0 saturated carbocycles. The summed E-state index contributed by atoms with van der Waals surface area (Å²) in [5, 5.41) is 3.51. The zero-order valence-electron chi connectivity index (χ0n) is 9.33. The topological polar surface area (TPSA) is 21.3 Å². The van der Waals surface area contributed by atoms with Gasteiger partial charge < -0.3 is 10.1 Å². The van der Waals surface area contributed by atoms with Crippen LogP contribution in [0, 0.1) is 0 Å². The maximum absolute atomic E-state index is 5.62. The van der Waals surface area contributed by atoms with Crippen LogP contribution in [0.3, 0.4) is 0 Å². The Morgan fingerprint density at radius 2 is 2.27 bits per heavy atom. The molecule has 1 N–H and O–H groups in total. The van der Waals surface area contributed by atoms with E-state index in [9.17, 15) is 0 Å². The van der Waals surface area contributed by atoms with Crippen LogP contribution in [0.5, 0.6) is 0 Å². The quantitative estimate of drug-likeness (QED) is 0.762. The summed E-state index contributed by atoms with van der Waals surface area (Å²) in [5.74, 6) is 0. The first-order valence-corrected chi connectivity index (χ1v) is 5.80. The van der Waals surface area contributed by atoms with Crippen LogP contribution in [0.25, 0.3) is 0 Å². The highest BCUT2D eigenvalue weighted by atomic mass is 16.5. The summed E-state index contributed by atoms with van der Waals surface area (Å²) in [5.41, 5.74) is 2.89. The Labute approximate surface area is 91.6 Å². The molecule has 1 aromatic rings. The molecule has 1 aliphatic rings. The zero-order valence-corrected chi connectivity index (χ0v) is 9.33. The van der Waals surface area contributed by atoms with Gasteiger partial charge in [0.2, 0.25) is 0 Å². The molecule has 1 aliphatic heterocycles. The second-order valence-corrected chi connectivity index (χ2v) is 4.03. The number of fused-ring (bicyclic) bond motifs is 1. The molecule has 0 aliphatic carbocycles. The summed E-state index contributed by atoms with van der Waals surface area (Å²) in [6.45, 7) is 4.87. The predicted octanol–water partition coefficient (Wildman–Crippen LogP) is 2.30. The van der Waals surface area contributed by atoms with Gasteiger partial charge in [-0.3, -0.25) is 0 Å². The van der Waals surface area contributed by atoms with Gasteiger partial charge in [0, 0.05) is 6.61 Å². The van der Waals surface area contributed by atoms with Crippen molar-refractivity contribution < 1.29 is 4.74 Å². The molecule has 82 valence electrons. The van der Waals surface area contributed by atoms with Crippen LogP contribution in [0.1, 0.15) is 30.5 Å². The number of rotatable bonds is 4. The molecule has 1 atom stereocenters. The van der Waals surface area contributed by atoms with Gasteiger partial charge in [0.05, 0.1) is 12.6 Å². The highest BCUT2D eigenvalue weighted by Gasteiger charge is 2.18. The Morgan fingerprint density at radius 3 is 3.13 bits per heavy atom. The fourth-order valence-corrected chi connectivity index (χ4v) is 2.09. The normalized spacial score (nSPS) is 19.9. The molecule has 2 rings (SSSR count). The van der Waals surface area contributed by atoms with Gasteiger partial charge in [-0.1, -0.05) is 31.2 Å². The predicted molar refractivity (Wildman–Crippen MR) is 62.0 cm³/mol. The Kier molecular flexibility index (Phi) is 3.75. The third-order valence-electron chi connectivity index (χ3n) is 2.85. The molecule has 1 unspecified atom stereocenters. The molecule has 0 radical (unpaired) electrons. The molecule has 0 spiro atoms. The molecule has 0 fully saturated rings. The van der Waals surface area contributed by atoms with Gasteiger partial charge >= 0.3 is 0 Å². The third-order valence-corrected chi connectivity index (χ3v) is 2.85. The average molecular weight is 205 g/mol. The van der Waals surface area contributed by atoms with Crippen LogP contribution in [-0.2, 0) is 11.2 Å². The average Bonchev–Trinajstić information content (AvgIpc) is 2.30. The van der Waals surface area contributed by atoms with E-state index in [0.29, 0.717) is 6.04 Å². The Balaban J connectivity index is 2.02. The first-order valence-electron chi connectivity index (χ1n) is 5.80. The first kappa shape index (κ1) is 10.7. The van der Waals surface area contributed by atoms with Gasteiger partial charge in [-0.15, -0.1) is 0 Å². The summed E-state index contributed by atoms with van der Waals surface area (Å²) in [6, 6.07) is 9.05. The summed E-state index contributed by atoms with van der Waals surface area (Å²) >= 11 is 0. The molecule has 2 heteroatoms. The van der Waals surface area contributed by atoms with Crippen LogP contribution in [0.2, 0.25) is 0 Å². The van der Waals surface area contributed by atoms with Crippen LogP contribution in [-0.4, -0.2) is 19.8 Å². The van der Waals surface area contributed by atoms with Gasteiger partial charge in [0.25, 0.3) is 0 Å². The molecule has 1 aromatic carbocycles. The Hall–Kier alpha value is -0.860. The number of nitrogens with one attached hydrogen (secondary N) is 1. The minimum Gasteiger partial charge on any atom is -0.379 e. The van der Waals surface area contributed by atoms with Crippen molar-refractivity contribution >= 4 is 0 Å². The lowest BCUT2D eigenvalue weighted by atomic mass is 9.95. The summed E-state index contributed by atoms with van der Waals surface area (Å²) in [6.07, 6.45) is 2.23. The molecule has 1 heterocycles. The van der Waals surface area contributed by atoms with Crippen LogP contribution >= 0.6 is 0 Å². The van der Waals surface area contributed by atoms with Crippen molar-refractivity contribution in [1.82, 2.24) is 5.32 Å². The Bertz CT molecular complexity index is 311. The van der Waals surface area contributed by atoms with Gasteiger partial charge in [-0.05, 0) is 30.5 Å². The van der Waals surface area contributed by atoms with Crippen molar-refractivity contribution in [1.29, 1.82) is 0 Å². The molecular weight excluding hydrogens is 186 g/mol. The van der Waals surface area contributed by atoms with Crippen molar-refractivity contribution in [2.75, 3.05) is 19.8 Å². The van der Waals surface area contributed by atoms with Crippen LogP contribution in [0.15, 0.2) is 24.3 Å². The van der Waals surface area contributed by atoms with E-state index in [4.69, 9.17) is 4.74 Å². The summed E-state index contributed by atoms with van der Waals surface area (Å²) < 4.78 is 5.62. The molecule has 0 amide bonds. The minimum absolute atomic E-state index is 0.390. The molecule has 0 saturated heterocycles. The molecule has 2 nitrogen and oxygen atoms in total. The van der Waals surface area contributed by atoms with E-state index in [2.05, 4.69) is 36.5 Å². The van der Waals surface area contributed by atoms with Gasteiger partial charge in [-0.25, -0.2) is 0 Å². The van der Waals surface area contributed by atoms with Crippen molar-refractivity contribution in [3.8, 4) is 0 Å². The standard InChI is InChI=1S/C13H19NO/c1-2-9-15-10-13-12-6-4-3-5-11(12)7-8-14-13/h3-6,13-14H,2,7-10H2,1H3. The highest BCUT2D eigenvalue weighted by molar-refractivity contribution is 5.32. The first-order chi connectivity index (χ1) is 7.42. The second kappa shape index (κ2) is 5.29. The van der Waals surface area contributed by atoms with Crippen molar-refractivity contribution in [2.24, 2.45) is 0 Å². The van der Waals surface area contributed by atoms with E-state index in [-0.39, 0.29) is 0 Å². The van der Waals surface area contributed by atoms with E-state index in [1.54, 1.807) is 0 Å². The fraction of sp³-hybridized carbons (Fsp3) is 0.538. The smallest absolute Gasteiger partial charge is 0.0661 e. The van der Waals surface area contributed by atoms with Crippen molar-refractivity contribution in [3.05, 3.63) is 35.4 Å². The van der Waals surface area contributed by atoms with E-state index < -0.39 is 0 Å². The second-order valence-electron chi connectivity index (χ2n) is 4.03. The Morgan fingerprint density at radius 1 is 1.40 bits per heavy atom. The fourth-order valence-electron chi connectivity index (χ4n) is 2.09. The number of hydrogen-bond donors (Lipinski definition) is 1. The SMILES string of the molecule is CCCOCC1NCCc2ccccc21. The van der Waals surface area contributed by atoms with Crippen molar-refractivity contribution in [2.45, 2.75) is 25.8 Å². The maximum atomic E-state index is 5.62. The third kappa shape index (κ3) is 2.58. The van der Waals surface area contributed by atoms with E-state index in [1.165, 1.54) is 11.1 Å². The maximum Gasteiger partial charge on any atom is 0.0661 e. The largest absolute Gasteiger partial charge is 0.379 e. The summed E-state index contributed by atoms with van der Waals surface area (Å²) in [4.78, 5) is 0. The lowest BCUT2D eigenvalue weighted by Crippen LogP contribution is -2.32. The van der Waals surface area contributed by atoms with Gasteiger partial charge in [-0.2, -0.15) is 0 Å². The van der Waals surface area contributed by atoms with Crippen LogP contribution < -0.4 is 5.32 Å². The molecule has 0 aromatic heterocycles. The van der Waals surface area contributed by atoms with Crippen LogP contribution in [0.4, 0.5) is 0 Å². The molecular formula is C13H19NO. The lowest BCUT2D eigenvalue weighted by molar-refractivity contribution is 0.110. The van der Waals surface area contributed by atoms with Crippen molar-refractivity contribution in [3.63, 3.8) is 0 Å². The monoisotopic (exact) mass is 205 g/mol.